The van der Waals surface area contributed by atoms with Crippen LogP contribution in [0, 0.1) is 23.1 Å². The summed E-state index contributed by atoms with van der Waals surface area (Å²) in [6.07, 6.45) is 4.14. The Balaban J connectivity index is 1.61. The van der Waals surface area contributed by atoms with E-state index in [9.17, 15) is 9.18 Å². The van der Waals surface area contributed by atoms with Crippen molar-refractivity contribution < 1.29 is 13.9 Å². The lowest BCUT2D eigenvalue weighted by Crippen LogP contribution is -2.11. The lowest BCUT2D eigenvalue weighted by atomic mass is 10.1. The molecule has 0 saturated heterocycles. The molecule has 1 aromatic carbocycles. The third-order valence-electron chi connectivity index (χ3n) is 5.07. The maximum absolute atomic E-state index is 13.0. The van der Waals surface area contributed by atoms with Gasteiger partial charge in [0.05, 0.1) is 11.6 Å². The van der Waals surface area contributed by atoms with Gasteiger partial charge in [-0.2, -0.15) is 0 Å². The van der Waals surface area contributed by atoms with E-state index in [0.717, 1.165) is 16.8 Å². The molecule has 0 spiro atoms. The van der Waals surface area contributed by atoms with Crippen molar-refractivity contribution in [1.29, 1.82) is 0 Å². The van der Waals surface area contributed by atoms with E-state index in [1.165, 1.54) is 12.1 Å². The molecule has 1 aliphatic carbocycles. The summed E-state index contributed by atoms with van der Waals surface area (Å²) in [7, 11) is 0. The third-order valence-corrected chi connectivity index (χ3v) is 5.32. The number of hydrogen-bond donors (Lipinski definition) is 1. The average molecular weight is 396 g/mol. The van der Waals surface area contributed by atoms with Crippen LogP contribution in [-0.2, 0) is 22.6 Å². The predicted octanol–water partition coefficient (Wildman–Crippen LogP) is 5.38. The van der Waals surface area contributed by atoms with Crippen LogP contribution in [0.15, 0.2) is 47.1 Å². The first kappa shape index (κ1) is 19.0. The zero-order chi connectivity index (χ0) is 18.9. The first-order valence-electron chi connectivity index (χ1n) is 8.38. The number of benzene rings is 1. The highest BCUT2D eigenvalue weighted by atomic mass is 35.5. The number of aromatic nitrogens is 1. The Morgan fingerprint density at radius 3 is 2.62 bits per heavy atom. The summed E-state index contributed by atoms with van der Waals surface area (Å²) in [5, 5.41) is 0. The van der Waals surface area contributed by atoms with Crippen LogP contribution in [0.25, 0.3) is 0 Å². The molecule has 1 heterocycles. The summed E-state index contributed by atoms with van der Waals surface area (Å²) in [4.78, 5) is 15.5. The predicted molar refractivity (Wildman–Crippen MR) is 100 cm³/mol. The Morgan fingerprint density at radius 2 is 1.96 bits per heavy atom. The van der Waals surface area contributed by atoms with Crippen LogP contribution in [0.2, 0.25) is 0 Å². The van der Waals surface area contributed by atoms with Gasteiger partial charge in [-0.05, 0) is 53.2 Å². The first-order valence-corrected chi connectivity index (χ1v) is 9.13. The Morgan fingerprint density at radius 1 is 1.27 bits per heavy atom. The molecule has 6 heteroatoms. The second-order valence-corrected chi connectivity index (χ2v) is 8.18. The number of hydrogen-bond acceptors (Lipinski definition) is 2. The van der Waals surface area contributed by atoms with E-state index >= 15 is 0 Å². The van der Waals surface area contributed by atoms with Gasteiger partial charge in [-0.1, -0.05) is 49.2 Å². The highest BCUT2D eigenvalue weighted by Crippen LogP contribution is 2.60. The fraction of sp³-hybridized carbons (Fsp3) is 0.350. The maximum Gasteiger partial charge on any atom is 0.310 e. The molecule has 1 saturated carbocycles. The summed E-state index contributed by atoms with van der Waals surface area (Å²) >= 11 is 11.4. The molecule has 3 nitrogen and oxygen atoms in total. The molecule has 1 N–H and O–H groups in total. The topological polar surface area (TPSA) is 42.1 Å². The molecule has 3 rings (SSSR count). The lowest BCUT2D eigenvalue weighted by molar-refractivity contribution is -0.147. The van der Waals surface area contributed by atoms with Crippen LogP contribution >= 0.6 is 23.2 Å². The van der Waals surface area contributed by atoms with Gasteiger partial charge in [0.2, 0.25) is 0 Å². The maximum atomic E-state index is 13.0. The molecule has 0 aliphatic heterocycles. The van der Waals surface area contributed by atoms with Gasteiger partial charge in [-0.3, -0.25) is 4.79 Å². The Labute approximate surface area is 162 Å². The molecule has 2 atom stereocenters. The highest BCUT2D eigenvalue weighted by Gasteiger charge is 2.61. The van der Waals surface area contributed by atoms with E-state index in [1.807, 2.05) is 26.1 Å². The van der Waals surface area contributed by atoms with Crippen molar-refractivity contribution in [2.24, 2.45) is 17.3 Å². The van der Waals surface area contributed by atoms with Gasteiger partial charge in [0.1, 0.15) is 16.9 Å². The van der Waals surface area contributed by atoms with Gasteiger partial charge in [0.25, 0.3) is 0 Å². The molecular formula is C20H20Cl2FNO2. The minimum Gasteiger partial charge on any atom is -0.459 e. The van der Waals surface area contributed by atoms with Gasteiger partial charge < -0.3 is 9.72 Å². The number of carbonyl (C=O) groups excluding carboxylic acids is 1. The van der Waals surface area contributed by atoms with E-state index in [4.69, 9.17) is 27.9 Å². The second-order valence-electron chi connectivity index (χ2n) is 7.17. The number of halogens is 3. The largest absolute Gasteiger partial charge is 0.459 e. The molecule has 138 valence electrons. The standard InChI is InChI=1S/C20H20Cl2FNO2/c1-20(2)15(10-17(21)22)18(20)19(25)26-11-16-13(7-8-24-16)9-12-3-5-14(23)6-4-12/h3-8,10,15,18,24H,9,11H2,1-2H3. The number of ether oxygens (including phenoxy) is 1. The smallest absolute Gasteiger partial charge is 0.310 e. The molecule has 26 heavy (non-hydrogen) atoms. The fourth-order valence-corrected chi connectivity index (χ4v) is 3.64. The Bertz CT molecular complexity index is 823. The minimum absolute atomic E-state index is 0.0117. The minimum atomic E-state index is -0.260. The molecule has 1 aliphatic rings. The molecule has 2 unspecified atom stereocenters. The summed E-state index contributed by atoms with van der Waals surface area (Å²) in [6, 6.07) is 8.31. The van der Waals surface area contributed by atoms with Gasteiger partial charge >= 0.3 is 5.97 Å². The number of aromatic amines is 1. The highest BCUT2D eigenvalue weighted by molar-refractivity contribution is 6.55. The van der Waals surface area contributed by atoms with Crippen LogP contribution in [0.5, 0.6) is 0 Å². The number of H-pyrrole nitrogens is 1. The van der Waals surface area contributed by atoms with Crippen molar-refractivity contribution in [2.45, 2.75) is 26.9 Å². The number of allylic oxidation sites excluding steroid dienone is 1. The molecule has 0 amide bonds. The molecule has 0 radical (unpaired) electrons. The molecule has 1 fully saturated rings. The first-order chi connectivity index (χ1) is 12.3. The van der Waals surface area contributed by atoms with E-state index in [2.05, 4.69) is 4.98 Å². The van der Waals surface area contributed by atoms with Crippen molar-refractivity contribution in [2.75, 3.05) is 0 Å². The lowest BCUT2D eigenvalue weighted by Gasteiger charge is -2.07. The van der Waals surface area contributed by atoms with Crippen molar-refractivity contribution in [3.8, 4) is 0 Å². The average Bonchev–Trinajstić information content (AvgIpc) is 2.91. The van der Waals surface area contributed by atoms with E-state index in [0.29, 0.717) is 6.42 Å². The summed E-state index contributed by atoms with van der Waals surface area (Å²) < 4.78 is 18.7. The third kappa shape index (κ3) is 4.13. The van der Waals surface area contributed by atoms with Gasteiger partial charge in [-0.25, -0.2) is 4.39 Å². The number of nitrogens with one attached hydrogen (secondary N) is 1. The van der Waals surface area contributed by atoms with Crippen molar-refractivity contribution in [1.82, 2.24) is 4.98 Å². The monoisotopic (exact) mass is 395 g/mol. The molecule has 0 bridgehead atoms. The number of esters is 1. The van der Waals surface area contributed by atoms with Crippen molar-refractivity contribution >= 4 is 29.2 Å². The Hall–Kier alpha value is -1.78. The quantitative estimate of drug-likeness (QED) is 0.667. The van der Waals surface area contributed by atoms with Crippen molar-refractivity contribution in [3.63, 3.8) is 0 Å². The SMILES string of the molecule is CC1(C)C(C=C(Cl)Cl)C1C(=O)OCc1[nH]ccc1Cc1ccc(F)cc1. The van der Waals surface area contributed by atoms with Crippen LogP contribution < -0.4 is 0 Å². The zero-order valence-electron chi connectivity index (χ0n) is 14.6. The van der Waals surface area contributed by atoms with Crippen LogP contribution in [0.3, 0.4) is 0 Å². The van der Waals surface area contributed by atoms with Crippen LogP contribution in [-0.4, -0.2) is 11.0 Å². The van der Waals surface area contributed by atoms with Crippen LogP contribution in [0.4, 0.5) is 4.39 Å². The zero-order valence-corrected chi connectivity index (χ0v) is 16.1. The van der Waals surface area contributed by atoms with E-state index in [-0.39, 0.29) is 40.1 Å². The van der Waals surface area contributed by atoms with E-state index < -0.39 is 0 Å². The van der Waals surface area contributed by atoms with Crippen molar-refractivity contribution in [3.05, 3.63) is 69.7 Å². The molecule has 1 aromatic heterocycles. The molecule has 2 aromatic rings. The summed E-state index contributed by atoms with van der Waals surface area (Å²) in [5.74, 6) is -0.773. The Kier molecular flexibility index (Phi) is 5.44. The number of rotatable bonds is 6. The second kappa shape index (κ2) is 7.45. The van der Waals surface area contributed by atoms with Gasteiger partial charge in [-0.15, -0.1) is 0 Å². The summed E-state index contributed by atoms with van der Waals surface area (Å²) in [6.45, 7) is 4.15. The van der Waals surface area contributed by atoms with Gasteiger partial charge in [0, 0.05) is 6.20 Å². The van der Waals surface area contributed by atoms with Crippen LogP contribution in [0.1, 0.15) is 30.7 Å². The number of carbonyl (C=O) groups is 1. The normalized spacial score (nSPS) is 20.5. The van der Waals surface area contributed by atoms with E-state index in [1.54, 1.807) is 18.2 Å². The fourth-order valence-electron chi connectivity index (χ4n) is 3.37. The van der Waals surface area contributed by atoms with Gasteiger partial charge in [0.15, 0.2) is 0 Å². The molecular weight excluding hydrogens is 376 g/mol. The summed E-state index contributed by atoms with van der Waals surface area (Å²) in [5.41, 5.74) is 2.63.